The molecule has 0 aromatic carbocycles. The zero-order chi connectivity index (χ0) is 22.0. The number of carbonyl (C=O) groups is 1. The van der Waals surface area contributed by atoms with Crippen LogP contribution in [0.3, 0.4) is 0 Å². The second kappa shape index (κ2) is 6.98. The highest BCUT2D eigenvalue weighted by atomic mass is 19.3. The van der Waals surface area contributed by atoms with E-state index in [0.717, 1.165) is 29.7 Å². The molecule has 32 heavy (non-hydrogen) atoms. The van der Waals surface area contributed by atoms with E-state index >= 15 is 0 Å². The number of anilines is 1. The Labute approximate surface area is 181 Å². The Hall–Kier alpha value is -3.55. The van der Waals surface area contributed by atoms with Gasteiger partial charge in [0.05, 0.1) is 24.1 Å². The van der Waals surface area contributed by atoms with Crippen LogP contribution in [-0.4, -0.2) is 60.4 Å². The molecule has 0 N–H and O–H groups in total. The van der Waals surface area contributed by atoms with Crippen molar-refractivity contribution in [3.63, 3.8) is 0 Å². The minimum atomic E-state index is -2.69. The van der Waals surface area contributed by atoms with E-state index in [1.807, 2.05) is 11.0 Å². The van der Waals surface area contributed by atoms with Crippen molar-refractivity contribution in [1.29, 1.82) is 5.26 Å². The number of amides is 1. The Bertz CT molecular complexity index is 1230. The quantitative estimate of drug-likeness (QED) is 0.621. The maximum atomic E-state index is 12.9. The molecule has 1 amide bonds. The van der Waals surface area contributed by atoms with Crippen LogP contribution in [0.25, 0.3) is 16.6 Å². The predicted octanol–water partition coefficient (Wildman–Crippen LogP) is 2.33. The van der Waals surface area contributed by atoms with Crippen LogP contribution in [0.2, 0.25) is 0 Å². The topological polar surface area (TPSA) is 95.3 Å². The van der Waals surface area contributed by atoms with Crippen molar-refractivity contribution in [3.05, 3.63) is 31.0 Å². The van der Waals surface area contributed by atoms with Crippen molar-refractivity contribution < 1.29 is 13.6 Å². The average Bonchev–Trinajstić information content (AvgIpc) is 3.09. The number of alkyl halides is 2. The Morgan fingerprint density at radius 1 is 1.16 bits per heavy atom. The van der Waals surface area contributed by atoms with Crippen molar-refractivity contribution in [2.24, 2.45) is 11.8 Å². The summed E-state index contributed by atoms with van der Waals surface area (Å²) in [5.41, 5.74) is 2.08. The van der Waals surface area contributed by atoms with E-state index in [0.29, 0.717) is 29.8 Å². The highest BCUT2D eigenvalue weighted by molar-refractivity contribution is 5.84. The first kappa shape index (κ1) is 19.2. The molecule has 9 nitrogen and oxygen atoms in total. The van der Waals surface area contributed by atoms with Gasteiger partial charge in [-0.1, -0.05) is 0 Å². The summed E-state index contributed by atoms with van der Waals surface area (Å²) in [5, 5.41) is 17.1. The van der Waals surface area contributed by atoms with Gasteiger partial charge in [0.1, 0.15) is 11.8 Å². The van der Waals surface area contributed by atoms with Crippen LogP contribution in [0, 0.1) is 23.2 Å². The molecular formula is C21H20F2N8O. The molecule has 3 aromatic heterocycles. The Morgan fingerprint density at radius 3 is 2.59 bits per heavy atom. The number of hydrogen-bond donors (Lipinski definition) is 0. The summed E-state index contributed by atoms with van der Waals surface area (Å²) < 4.78 is 28.1. The van der Waals surface area contributed by atoms with Crippen molar-refractivity contribution >= 4 is 17.2 Å². The number of piperazine rings is 1. The van der Waals surface area contributed by atoms with E-state index in [4.69, 9.17) is 5.26 Å². The van der Waals surface area contributed by atoms with Crippen LogP contribution in [0.15, 0.2) is 31.0 Å². The van der Waals surface area contributed by atoms with Gasteiger partial charge >= 0.3 is 6.55 Å². The van der Waals surface area contributed by atoms with Gasteiger partial charge in [-0.15, -0.1) is 0 Å². The fraction of sp³-hybridized carbons (Fsp3) is 0.476. The zero-order valence-electron chi connectivity index (χ0n) is 17.1. The second-order valence-electron chi connectivity index (χ2n) is 8.74. The maximum absolute atomic E-state index is 12.9. The fourth-order valence-corrected chi connectivity index (χ4v) is 5.15. The van der Waals surface area contributed by atoms with Gasteiger partial charge in [0.25, 0.3) is 0 Å². The minimum Gasteiger partial charge on any atom is -0.351 e. The molecule has 6 rings (SSSR count). The van der Waals surface area contributed by atoms with E-state index < -0.39 is 6.55 Å². The molecule has 0 radical (unpaired) electrons. The summed E-state index contributed by atoms with van der Waals surface area (Å²) in [6.45, 7) is -1.35. The van der Waals surface area contributed by atoms with Crippen LogP contribution in [0.5, 0.6) is 0 Å². The van der Waals surface area contributed by atoms with Crippen molar-refractivity contribution in [2.45, 2.75) is 37.9 Å². The lowest BCUT2D eigenvalue weighted by atomic mass is 10.1. The van der Waals surface area contributed by atoms with Crippen LogP contribution < -0.4 is 4.90 Å². The van der Waals surface area contributed by atoms with Crippen LogP contribution >= 0.6 is 0 Å². The molecule has 11 heteroatoms. The summed E-state index contributed by atoms with van der Waals surface area (Å²) in [4.78, 5) is 21.6. The molecule has 0 spiro atoms. The SMILES string of the molecule is N#CC1CC1C(=O)N1C2CCC1CN(c1ncnn3cc(-c4cnn(C(F)F)c4)cc13)C2. The van der Waals surface area contributed by atoms with E-state index in [1.165, 1.54) is 18.7 Å². The molecule has 2 bridgehead atoms. The molecule has 2 saturated heterocycles. The lowest BCUT2D eigenvalue weighted by Crippen LogP contribution is -2.56. The third kappa shape index (κ3) is 2.93. The highest BCUT2D eigenvalue weighted by Crippen LogP contribution is 2.43. The lowest BCUT2D eigenvalue weighted by Gasteiger charge is -2.41. The average molecular weight is 438 g/mol. The normalized spacial score (nSPS) is 26.7. The van der Waals surface area contributed by atoms with Gasteiger partial charge in [0, 0.05) is 48.7 Å². The highest BCUT2D eigenvalue weighted by Gasteiger charge is 2.51. The summed E-state index contributed by atoms with van der Waals surface area (Å²) in [6.07, 6.45) is 8.53. The predicted molar refractivity (Wildman–Crippen MR) is 109 cm³/mol. The van der Waals surface area contributed by atoms with E-state index in [2.05, 4.69) is 26.2 Å². The van der Waals surface area contributed by atoms with E-state index in [9.17, 15) is 13.6 Å². The van der Waals surface area contributed by atoms with Gasteiger partial charge in [0.15, 0.2) is 5.82 Å². The minimum absolute atomic E-state index is 0.106. The van der Waals surface area contributed by atoms with Crippen molar-refractivity contribution in [3.8, 4) is 17.2 Å². The van der Waals surface area contributed by atoms with Crippen LogP contribution in [0.4, 0.5) is 14.6 Å². The van der Waals surface area contributed by atoms with Gasteiger partial charge < -0.3 is 9.80 Å². The zero-order valence-corrected chi connectivity index (χ0v) is 17.1. The number of hydrogen-bond acceptors (Lipinski definition) is 6. The monoisotopic (exact) mass is 438 g/mol. The molecule has 4 atom stereocenters. The first-order valence-electron chi connectivity index (χ1n) is 10.7. The van der Waals surface area contributed by atoms with Gasteiger partial charge in [-0.05, 0) is 25.3 Å². The Balaban J connectivity index is 1.27. The number of fused-ring (bicyclic) bond motifs is 3. The first-order valence-corrected chi connectivity index (χ1v) is 10.7. The molecule has 3 aliphatic rings. The number of aromatic nitrogens is 5. The van der Waals surface area contributed by atoms with Crippen molar-refractivity contribution in [2.75, 3.05) is 18.0 Å². The Morgan fingerprint density at radius 2 is 1.94 bits per heavy atom. The maximum Gasteiger partial charge on any atom is 0.333 e. The van der Waals surface area contributed by atoms with Gasteiger partial charge in [-0.25, -0.2) is 14.2 Å². The number of nitriles is 1. The second-order valence-corrected chi connectivity index (χ2v) is 8.74. The van der Waals surface area contributed by atoms with Gasteiger partial charge in [-0.2, -0.15) is 24.2 Å². The lowest BCUT2D eigenvalue weighted by molar-refractivity contribution is -0.136. The molecule has 3 aromatic rings. The summed E-state index contributed by atoms with van der Waals surface area (Å²) >= 11 is 0. The molecule has 5 heterocycles. The van der Waals surface area contributed by atoms with Gasteiger partial charge in [-0.3, -0.25) is 4.79 Å². The van der Waals surface area contributed by atoms with E-state index in [-0.39, 0.29) is 29.8 Å². The van der Waals surface area contributed by atoms with Crippen LogP contribution in [-0.2, 0) is 4.79 Å². The molecule has 164 valence electrons. The van der Waals surface area contributed by atoms with Crippen molar-refractivity contribution in [1.82, 2.24) is 29.3 Å². The standard InChI is InChI=1S/C21H20F2N8O/c22-21(23)30-8-14(6-26-30)13-4-18-19(25-11-27-29(18)7-13)28-9-15-1-2-16(10-28)31(15)20(32)17-3-12(17)5-24/h4,6-8,11-12,15-17,21H,1-3,9-10H2. The number of nitrogens with zero attached hydrogens (tertiary/aromatic N) is 8. The third-order valence-corrected chi connectivity index (χ3v) is 6.83. The summed E-state index contributed by atoms with van der Waals surface area (Å²) in [6, 6.07) is 4.30. The fourth-order valence-electron chi connectivity index (χ4n) is 5.15. The molecular weight excluding hydrogens is 418 g/mol. The molecule has 1 aliphatic carbocycles. The number of rotatable bonds is 4. The third-order valence-electron chi connectivity index (χ3n) is 6.83. The van der Waals surface area contributed by atoms with E-state index in [1.54, 1.807) is 10.7 Å². The first-order chi connectivity index (χ1) is 15.5. The number of carbonyl (C=O) groups excluding carboxylic acids is 1. The largest absolute Gasteiger partial charge is 0.351 e. The molecule has 4 unspecified atom stereocenters. The summed E-state index contributed by atoms with van der Waals surface area (Å²) in [5.74, 6) is 0.619. The molecule has 3 fully saturated rings. The smallest absolute Gasteiger partial charge is 0.333 e. The number of halogens is 2. The van der Waals surface area contributed by atoms with Gasteiger partial charge in [0.2, 0.25) is 5.91 Å². The summed E-state index contributed by atoms with van der Waals surface area (Å²) in [7, 11) is 0. The van der Waals surface area contributed by atoms with Crippen LogP contribution in [0.1, 0.15) is 25.8 Å². The molecule has 2 aliphatic heterocycles. The Kier molecular flexibility index (Phi) is 4.18. The molecule has 1 saturated carbocycles.